The Kier molecular flexibility index (Phi) is 8.75. The number of benzene rings is 1. The van der Waals surface area contributed by atoms with Crippen molar-refractivity contribution in [2.24, 2.45) is 0 Å². The highest BCUT2D eigenvalue weighted by molar-refractivity contribution is 7.99. The van der Waals surface area contributed by atoms with Crippen molar-refractivity contribution in [1.82, 2.24) is 10.2 Å². The predicted molar refractivity (Wildman–Crippen MR) is 120 cm³/mol. The second kappa shape index (κ2) is 11.7. The van der Waals surface area contributed by atoms with E-state index < -0.39 is 17.9 Å². The third-order valence-corrected chi connectivity index (χ3v) is 6.55. The zero-order chi connectivity index (χ0) is 22.9. The first-order valence-corrected chi connectivity index (χ1v) is 11.6. The fourth-order valence-electron chi connectivity index (χ4n) is 3.70. The Morgan fingerprint density at radius 3 is 2.72 bits per heavy atom. The van der Waals surface area contributed by atoms with E-state index in [0.29, 0.717) is 31.1 Å². The summed E-state index contributed by atoms with van der Waals surface area (Å²) in [5.74, 6) is -0.883. The summed E-state index contributed by atoms with van der Waals surface area (Å²) in [6.45, 7) is 2.36. The van der Waals surface area contributed by atoms with Crippen molar-refractivity contribution in [3.8, 4) is 0 Å². The molecule has 1 aromatic carbocycles. The molecule has 0 spiro atoms. The minimum atomic E-state index is -1.06. The number of rotatable bonds is 10. The predicted octanol–water partition coefficient (Wildman–Crippen LogP) is 2.68. The van der Waals surface area contributed by atoms with Gasteiger partial charge in [-0.2, -0.15) is 0 Å². The van der Waals surface area contributed by atoms with Crippen molar-refractivity contribution in [2.45, 2.75) is 30.6 Å². The van der Waals surface area contributed by atoms with Crippen molar-refractivity contribution in [3.05, 3.63) is 60.1 Å². The molecule has 1 aliphatic heterocycles. The lowest BCUT2D eigenvalue weighted by Gasteiger charge is -2.24. The van der Waals surface area contributed by atoms with E-state index in [1.807, 2.05) is 36.4 Å². The summed E-state index contributed by atoms with van der Waals surface area (Å²) in [6.07, 6.45) is 2.02. The molecule has 172 valence electrons. The first-order chi connectivity index (χ1) is 15.5. The van der Waals surface area contributed by atoms with Gasteiger partial charge in [-0.1, -0.05) is 30.3 Å². The number of amides is 1. The topological polar surface area (TPSA) is 109 Å². The first-order valence-electron chi connectivity index (χ1n) is 10.6. The van der Waals surface area contributed by atoms with Crippen LogP contribution in [0.15, 0.2) is 53.1 Å². The van der Waals surface area contributed by atoms with E-state index >= 15 is 0 Å². The van der Waals surface area contributed by atoms with Gasteiger partial charge in [0.05, 0.1) is 30.1 Å². The number of thioether (sulfide) groups is 1. The number of esters is 1. The van der Waals surface area contributed by atoms with Crippen molar-refractivity contribution in [1.29, 1.82) is 0 Å². The van der Waals surface area contributed by atoms with Gasteiger partial charge < -0.3 is 24.5 Å². The van der Waals surface area contributed by atoms with Gasteiger partial charge in [-0.15, -0.1) is 11.8 Å². The number of carbonyl (C=O) groups is 3. The number of aliphatic carboxylic acids is 1. The van der Waals surface area contributed by atoms with Crippen molar-refractivity contribution < 1.29 is 28.6 Å². The Morgan fingerprint density at radius 2 is 2.06 bits per heavy atom. The third kappa shape index (κ3) is 6.37. The van der Waals surface area contributed by atoms with E-state index in [9.17, 15) is 19.5 Å². The van der Waals surface area contributed by atoms with Gasteiger partial charge in [0, 0.05) is 12.3 Å². The van der Waals surface area contributed by atoms with Crippen LogP contribution in [0.25, 0.3) is 0 Å². The van der Waals surface area contributed by atoms with Gasteiger partial charge in [0.2, 0.25) is 5.91 Å². The molecule has 0 radical (unpaired) electrons. The highest BCUT2D eigenvalue weighted by atomic mass is 32.2. The van der Waals surface area contributed by atoms with Gasteiger partial charge in [-0.05, 0) is 37.6 Å². The molecule has 2 heterocycles. The van der Waals surface area contributed by atoms with Crippen LogP contribution in [0.4, 0.5) is 0 Å². The van der Waals surface area contributed by atoms with Gasteiger partial charge >= 0.3 is 11.9 Å². The molecule has 1 aromatic heterocycles. The molecule has 2 N–H and O–H groups in total. The van der Waals surface area contributed by atoms with Gasteiger partial charge in [0.25, 0.3) is 0 Å². The highest BCUT2D eigenvalue weighted by Crippen LogP contribution is 2.33. The summed E-state index contributed by atoms with van der Waals surface area (Å²) in [4.78, 5) is 38.2. The monoisotopic (exact) mass is 460 g/mol. The fraction of sp³-hybridized carbons (Fsp3) is 0.435. The van der Waals surface area contributed by atoms with E-state index in [-0.39, 0.29) is 30.2 Å². The second-order valence-corrected chi connectivity index (χ2v) is 8.70. The Bertz CT molecular complexity index is 889. The molecule has 0 saturated carbocycles. The van der Waals surface area contributed by atoms with Crippen molar-refractivity contribution >= 4 is 29.6 Å². The number of ether oxygens (including phenoxy) is 1. The zero-order valence-electron chi connectivity index (χ0n) is 17.9. The summed E-state index contributed by atoms with van der Waals surface area (Å²) in [6, 6.07) is 12.5. The summed E-state index contributed by atoms with van der Waals surface area (Å²) in [7, 11) is 0. The summed E-state index contributed by atoms with van der Waals surface area (Å²) < 4.78 is 10.7. The number of furan rings is 1. The van der Waals surface area contributed by atoms with Crippen LogP contribution in [0.3, 0.4) is 0 Å². The van der Waals surface area contributed by atoms with E-state index in [1.165, 1.54) is 4.90 Å². The normalized spacial score (nSPS) is 19.9. The molecule has 1 aliphatic rings. The number of hydrogen-bond donors (Lipinski definition) is 2. The lowest BCUT2D eigenvalue weighted by Crippen LogP contribution is -2.49. The lowest BCUT2D eigenvalue weighted by molar-refractivity contribution is -0.145. The molecule has 2 aromatic rings. The molecule has 3 rings (SSSR count). The van der Waals surface area contributed by atoms with E-state index in [1.54, 1.807) is 31.0 Å². The summed E-state index contributed by atoms with van der Waals surface area (Å²) in [5.41, 5.74) is 0.861. The Morgan fingerprint density at radius 1 is 1.28 bits per heavy atom. The number of nitrogens with zero attached hydrogens (tertiary/aromatic N) is 1. The number of nitrogens with one attached hydrogen (secondary N) is 1. The molecular weight excluding hydrogens is 432 g/mol. The van der Waals surface area contributed by atoms with E-state index in [4.69, 9.17) is 9.15 Å². The average molecular weight is 461 g/mol. The van der Waals surface area contributed by atoms with Crippen LogP contribution >= 0.6 is 11.8 Å². The van der Waals surface area contributed by atoms with Crippen molar-refractivity contribution in [2.75, 3.05) is 32.0 Å². The Hall–Kier alpha value is -2.78. The average Bonchev–Trinajstić information content (AvgIpc) is 3.27. The quantitative estimate of drug-likeness (QED) is 0.521. The maximum Gasteiger partial charge on any atom is 0.323 e. The number of carboxylic acid groups (broad SMARTS) is 1. The molecular formula is C23H28N2O6S. The van der Waals surface area contributed by atoms with Gasteiger partial charge in [0.1, 0.15) is 12.3 Å². The fourth-order valence-corrected chi connectivity index (χ4v) is 4.97. The number of carbonyl (C=O) groups excluding carboxylic acids is 2. The van der Waals surface area contributed by atoms with Crippen LogP contribution in [0.5, 0.6) is 0 Å². The van der Waals surface area contributed by atoms with Crippen LogP contribution in [-0.4, -0.2) is 65.9 Å². The molecule has 0 aliphatic carbocycles. The molecule has 1 amide bonds. The molecule has 9 heteroatoms. The van der Waals surface area contributed by atoms with Crippen LogP contribution < -0.4 is 5.32 Å². The summed E-state index contributed by atoms with van der Waals surface area (Å²) in [5, 5.41) is 12.4. The molecule has 3 atom stereocenters. The lowest BCUT2D eigenvalue weighted by atomic mass is 9.95. The van der Waals surface area contributed by atoms with Crippen LogP contribution in [0.1, 0.15) is 35.8 Å². The van der Waals surface area contributed by atoms with Gasteiger partial charge in [-0.3, -0.25) is 14.4 Å². The minimum Gasteiger partial charge on any atom is -0.480 e. The zero-order valence-corrected chi connectivity index (χ0v) is 18.8. The van der Waals surface area contributed by atoms with Crippen molar-refractivity contribution in [3.63, 3.8) is 0 Å². The first kappa shape index (κ1) is 23.9. The standard InChI is InChI=1S/C23H28N2O6S/c1-2-30-23(29)17(16-7-4-3-5-8-16)10-11-24-18-15-32-20(19-9-6-12-31-19)13-25(22(18)28)14-21(26)27/h3-9,12,17-18,20,24H,2,10-11,13-15H2,1H3,(H,26,27). The Labute approximate surface area is 191 Å². The molecule has 3 unspecified atom stereocenters. The molecule has 1 fully saturated rings. The second-order valence-electron chi connectivity index (χ2n) is 7.46. The van der Waals surface area contributed by atoms with Crippen LogP contribution in [0.2, 0.25) is 0 Å². The third-order valence-electron chi connectivity index (χ3n) is 5.24. The van der Waals surface area contributed by atoms with Gasteiger partial charge in [-0.25, -0.2) is 0 Å². The molecule has 1 saturated heterocycles. The van der Waals surface area contributed by atoms with Crippen LogP contribution in [0, 0.1) is 0 Å². The smallest absolute Gasteiger partial charge is 0.323 e. The van der Waals surface area contributed by atoms with E-state index in [2.05, 4.69) is 5.32 Å². The summed E-state index contributed by atoms with van der Waals surface area (Å²) >= 11 is 1.55. The molecule has 0 bridgehead atoms. The molecule has 8 nitrogen and oxygen atoms in total. The highest BCUT2D eigenvalue weighted by Gasteiger charge is 2.34. The maximum atomic E-state index is 13.0. The largest absolute Gasteiger partial charge is 0.480 e. The van der Waals surface area contributed by atoms with Gasteiger partial charge in [0.15, 0.2) is 0 Å². The Balaban J connectivity index is 1.67. The number of carboxylic acids is 1. The van der Waals surface area contributed by atoms with E-state index in [0.717, 1.165) is 5.56 Å². The maximum absolute atomic E-state index is 13.0. The number of hydrogen-bond acceptors (Lipinski definition) is 7. The molecule has 32 heavy (non-hydrogen) atoms. The van der Waals surface area contributed by atoms with Crippen LogP contribution in [-0.2, 0) is 19.1 Å². The SMILES string of the molecule is CCOC(=O)C(CCNC1CSC(c2ccco2)CN(CC(=O)O)C1=O)c1ccccc1. The minimum absolute atomic E-state index is 0.142.